The molecule has 1 aromatic carbocycles. The number of benzene rings is 1. The van der Waals surface area contributed by atoms with Gasteiger partial charge in [0.1, 0.15) is 11.4 Å². The lowest BCUT2D eigenvalue weighted by atomic mass is 10.2. The van der Waals surface area contributed by atoms with Crippen LogP contribution in [0.2, 0.25) is 0 Å². The topological polar surface area (TPSA) is 17.9 Å². The largest absolute Gasteiger partial charge is 0.490 e. The first-order chi connectivity index (χ1) is 6.96. The Morgan fingerprint density at radius 1 is 1.07 bits per heavy atom. The molecule has 76 valence electrons. The molecule has 3 heteroatoms. The maximum atomic E-state index is 6.94. The minimum Gasteiger partial charge on any atom is -0.490 e. The average Bonchev–Trinajstić information content (AvgIpc) is 2.15. The molecule has 0 saturated carbocycles. The van der Waals surface area contributed by atoms with Crippen molar-refractivity contribution in [2.24, 2.45) is 0 Å². The van der Waals surface area contributed by atoms with E-state index in [4.69, 9.17) is 17.9 Å². The molecule has 0 unspecified atom stereocenters. The lowest BCUT2D eigenvalue weighted by Gasteiger charge is -2.21. The van der Waals surface area contributed by atoms with Crippen LogP contribution in [0.15, 0.2) is 18.2 Å². The Bertz CT molecular complexity index is 444. The maximum Gasteiger partial charge on any atom is 0.198 e. The van der Waals surface area contributed by atoms with E-state index in [0.29, 0.717) is 17.1 Å². The molecule has 0 aliphatic heterocycles. The molecule has 0 spiro atoms. The van der Waals surface area contributed by atoms with Crippen molar-refractivity contribution in [2.75, 3.05) is 0 Å². The molecule has 0 fully saturated rings. The normalized spacial score (nSPS) is 10.2. The van der Waals surface area contributed by atoms with E-state index in [2.05, 4.69) is 9.69 Å². The third kappa shape index (κ3) is 3.00. The summed E-state index contributed by atoms with van der Waals surface area (Å²) in [5.41, 5.74) is 0.414. The molecule has 0 saturated heterocycles. The summed E-state index contributed by atoms with van der Waals surface area (Å²) in [6, 6.07) is 4.93. The van der Waals surface area contributed by atoms with Crippen LogP contribution in [0.5, 0.6) is 5.75 Å². The van der Waals surface area contributed by atoms with E-state index in [0.717, 1.165) is 0 Å². The molecule has 1 rings (SSSR count). The van der Waals surface area contributed by atoms with E-state index in [1.165, 1.54) is 0 Å². The van der Waals surface area contributed by atoms with Gasteiger partial charge in [-0.1, -0.05) is 6.07 Å². The zero-order valence-corrected chi connectivity index (χ0v) is 9.03. The minimum absolute atomic E-state index is 0.293. The highest BCUT2D eigenvalue weighted by Crippen LogP contribution is 2.33. The second-order valence-corrected chi connectivity index (χ2v) is 4.09. The van der Waals surface area contributed by atoms with Crippen LogP contribution in [0.1, 0.15) is 20.8 Å². The van der Waals surface area contributed by atoms with E-state index < -0.39 is 0 Å². The first-order valence-electron chi connectivity index (χ1n) is 4.54. The van der Waals surface area contributed by atoms with Gasteiger partial charge < -0.3 is 4.74 Å². The molecule has 0 amide bonds. The van der Waals surface area contributed by atoms with E-state index in [1.54, 1.807) is 18.2 Å². The van der Waals surface area contributed by atoms with Gasteiger partial charge in [0.2, 0.25) is 0 Å². The van der Waals surface area contributed by atoms with Crippen molar-refractivity contribution in [3.05, 3.63) is 41.0 Å². The van der Waals surface area contributed by atoms with E-state index in [1.807, 2.05) is 20.8 Å². The number of hydrogen-bond donors (Lipinski definition) is 0. The predicted molar refractivity (Wildman–Crippen MR) is 59.3 cm³/mol. The molecule has 0 aliphatic rings. The van der Waals surface area contributed by atoms with Gasteiger partial charge in [-0.25, -0.2) is 4.85 Å². The van der Waals surface area contributed by atoms with Gasteiger partial charge in [0.05, 0.1) is 13.1 Å². The highest BCUT2D eigenvalue weighted by Gasteiger charge is 2.12. The van der Waals surface area contributed by atoms with E-state index >= 15 is 0 Å². The molecule has 0 aliphatic carbocycles. The summed E-state index contributed by atoms with van der Waals surface area (Å²) >= 11 is 0. The van der Waals surface area contributed by atoms with Crippen LogP contribution in [0.25, 0.3) is 9.69 Å². The highest BCUT2D eigenvalue weighted by molar-refractivity contribution is 5.72. The first-order valence-corrected chi connectivity index (χ1v) is 4.54. The molecule has 0 bridgehead atoms. The minimum atomic E-state index is -0.293. The second-order valence-electron chi connectivity index (χ2n) is 4.09. The van der Waals surface area contributed by atoms with Crippen LogP contribution in [0.3, 0.4) is 0 Å². The summed E-state index contributed by atoms with van der Waals surface area (Å²) in [5.74, 6) is 0.626. The Hall–Kier alpha value is -2.00. The zero-order chi connectivity index (χ0) is 11.5. The zero-order valence-electron chi connectivity index (χ0n) is 9.03. The Kier molecular flexibility index (Phi) is 2.97. The fraction of sp³-hybridized carbons (Fsp3) is 0.333. The van der Waals surface area contributed by atoms with Crippen LogP contribution < -0.4 is 4.74 Å². The Morgan fingerprint density at radius 3 is 2.13 bits per heavy atom. The molecule has 0 aromatic heterocycles. The SMILES string of the molecule is [C-]#[N+]c1ccc(OC(C)(C)C)cc1[N+]#[C-]. The standard InChI is InChI=1S/C12H12N2O/c1-12(2,3)15-9-6-7-10(13-4)11(8-9)14-5/h6-8H,1-3H3. The third-order valence-corrected chi connectivity index (χ3v) is 1.61. The molecule has 0 atom stereocenters. The van der Waals surface area contributed by atoms with Crippen molar-refractivity contribution in [3.8, 4) is 5.75 Å². The smallest absolute Gasteiger partial charge is 0.198 e. The van der Waals surface area contributed by atoms with Gasteiger partial charge >= 0.3 is 0 Å². The van der Waals surface area contributed by atoms with Crippen LogP contribution in [-0.4, -0.2) is 5.60 Å². The molecular formula is C12H12N2O. The van der Waals surface area contributed by atoms with Crippen molar-refractivity contribution in [3.63, 3.8) is 0 Å². The number of rotatable bonds is 1. The monoisotopic (exact) mass is 200 g/mol. The number of ether oxygens (including phenoxy) is 1. The van der Waals surface area contributed by atoms with Gasteiger partial charge in [-0.2, -0.15) is 0 Å². The van der Waals surface area contributed by atoms with Crippen molar-refractivity contribution >= 4 is 11.4 Å². The van der Waals surface area contributed by atoms with E-state index in [-0.39, 0.29) is 5.60 Å². The van der Waals surface area contributed by atoms with E-state index in [9.17, 15) is 0 Å². The summed E-state index contributed by atoms with van der Waals surface area (Å²) in [6.45, 7) is 19.6. The van der Waals surface area contributed by atoms with Gasteiger partial charge in [-0.3, -0.25) is 4.85 Å². The molecule has 15 heavy (non-hydrogen) atoms. The molecule has 3 nitrogen and oxygen atoms in total. The van der Waals surface area contributed by atoms with Crippen LogP contribution in [-0.2, 0) is 0 Å². The fourth-order valence-corrected chi connectivity index (χ4v) is 1.10. The molecule has 0 radical (unpaired) electrons. The first kappa shape index (κ1) is 11.1. The second kappa shape index (κ2) is 4.02. The van der Waals surface area contributed by atoms with Crippen molar-refractivity contribution < 1.29 is 4.74 Å². The van der Waals surface area contributed by atoms with Crippen molar-refractivity contribution in [2.45, 2.75) is 26.4 Å². The lowest BCUT2D eigenvalue weighted by Crippen LogP contribution is -2.22. The summed E-state index contributed by atoms with van der Waals surface area (Å²) in [5, 5.41) is 0. The number of nitrogens with zero attached hydrogens (tertiary/aromatic N) is 2. The van der Waals surface area contributed by atoms with Gasteiger partial charge in [0, 0.05) is 0 Å². The summed E-state index contributed by atoms with van der Waals surface area (Å²) in [6.07, 6.45) is 0. The number of hydrogen-bond acceptors (Lipinski definition) is 1. The van der Waals surface area contributed by atoms with Crippen LogP contribution in [0.4, 0.5) is 11.4 Å². The molecule has 0 N–H and O–H groups in total. The van der Waals surface area contributed by atoms with Gasteiger partial charge in [-0.15, -0.1) is 0 Å². The van der Waals surface area contributed by atoms with Crippen LogP contribution in [0, 0.1) is 13.1 Å². The maximum absolute atomic E-state index is 6.94. The van der Waals surface area contributed by atoms with Gasteiger partial charge in [0.25, 0.3) is 0 Å². The summed E-state index contributed by atoms with van der Waals surface area (Å²) < 4.78 is 5.60. The van der Waals surface area contributed by atoms with Gasteiger partial charge in [-0.05, 0) is 32.9 Å². The summed E-state index contributed by atoms with van der Waals surface area (Å²) in [4.78, 5) is 6.55. The average molecular weight is 200 g/mol. The lowest BCUT2D eigenvalue weighted by molar-refractivity contribution is 0.131. The van der Waals surface area contributed by atoms with Gasteiger partial charge in [0.15, 0.2) is 11.4 Å². The Morgan fingerprint density at radius 2 is 1.67 bits per heavy atom. The molecule has 1 aromatic rings. The summed E-state index contributed by atoms with van der Waals surface area (Å²) in [7, 11) is 0. The van der Waals surface area contributed by atoms with Crippen molar-refractivity contribution in [1.82, 2.24) is 0 Å². The van der Waals surface area contributed by atoms with Crippen molar-refractivity contribution in [1.29, 1.82) is 0 Å². The molecule has 0 heterocycles. The van der Waals surface area contributed by atoms with Crippen LogP contribution >= 0.6 is 0 Å². The molecular weight excluding hydrogens is 188 g/mol. The highest BCUT2D eigenvalue weighted by atomic mass is 16.5. The predicted octanol–water partition coefficient (Wildman–Crippen LogP) is 3.97. The third-order valence-electron chi connectivity index (χ3n) is 1.61. The Balaban J connectivity index is 3.07. The Labute approximate surface area is 89.9 Å². The quantitative estimate of drug-likeness (QED) is 0.627. The fourth-order valence-electron chi connectivity index (χ4n) is 1.10.